The number of benzene rings is 2. The number of nitrogens with zero attached hydrogens (tertiary/aromatic N) is 1. The van der Waals surface area contributed by atoms with E-state index < -0.39 is 0 Å². The van der Waals surface area contributed by atoms with Gasteiger partial charge < -0.3 is 10.1 Å². The third-order valence-electron chi connectivity index (χ3n) is 3.33. The van der Waals surface area contributed by atoms with Gasteiger partial charge in [-0.2, -0.15) is 0 Å². The molecule has 0 spiro atoms. The molecule has 2 aromatic rings. The van der Waals surface area contributed by atoms with E-state index >= 15 is 0 Å². The van der Waals surface area contributed by atoms with E-state index in [2.05, 4.69) is 24.4 Å². The summed E-state index contributed by atoms with van der Waals surface area (Å²) in [5.74, 6) is 0.671. The van der Waals surface area contributed by atoms with E-state index in [-0.39, 0.29) is 5.91 Å². The summed E-state index contributed by atoms with van der Waals surface area (Å²) in [7, 11) is 1.94. The van der Waals surface area contributed by atoms with Crippen molar-refractivity contribution in [2.75, 3.05) is 25.5 Å². The summed E-state index contributed by atoms with van der Waals surface area (Å²) in [4.78, 5) is 14.2. The van der Waals surface area contributed by atoms with Crippen molar-refractivity contribution in [1.82, 2.24) is 4.90 Å². The molecule has 2 aromatic carbocycles. The molecular formula is C19H24N2O2. The maximum absolute atomic E-state index is 12.2. The Kier molecular flexibility index (Phi) is 6.63. The Hall–Kier alpha value is -2.33. The fourth-order valence-corrected chi connectivity index (χ4v) is 2.29. The molecule has 4 nitrogen and oxygen atoms in total. The summed E-state index contributed by atoms with van der Waals surface area (Å²) in [5.41, 5.74) is 1.91. The van der Waals surface area contributed by atoms with Crippen LogP contribution in [0.25, 0.3) is 0 Å². The van der Waals surface area contributed by atoms with E-state index in [0.29, 0.717) is 18.9 Å². The third-order valence-corrected chi connectivity index (χ3v) is 3.33. The van der Waals surface area contributed by atoms with Gasteiger partial charge >= 0.3 is 0 Å². The van der Waals surface area contributed by atoms with E-state index in [1.807, 2.05) is 54.4 Å². The molecule has 0 bridgehead atoms. The van der Waals surface area contributed by atoms with E-state index in [4.69, 9.17) is 4.74 Å². The largest absolute Gasteiger partial charge is 0.491 e. The van der Waals surface area contributed by atoms with Crippen molar-refractivity contribution >= 4 is 11.6 Å². The lowest BCUT2D eigenvalue weighted by molar-refractivity contribution is -0.117. The van der Waals surface area contributed by atoms with Crippen LogP contribution >= 0.6 is 0 Å². The van der Waals surface area contributed by atoms with E-state index in [9.17, 15) is 4.79 Å². The molecule has 4 heteroatoms. The highest BCUT2D eigenvalue weighted by molar-refractivity contribution is 5.93. The molecule has 1 amide bonds. The Bertz CT molecular complexity index is 614. The van der Waals surface area contributed by atoms with Crippen molar-refractivity contribution in [2.45, 2.75) is 19.9 Å². The number of nitrogens with one attached hydrogen (secondary N) is 1. The van der Waals surface area contributed by atoms with Crippen LogP contribution in [0, 0.1) is 0 Å². The molecule has 2 rings (SSSR count). The second-order valence-electron chi connectivity index (χ2n) is 5.55. The summed E-state index contributed by atoms with van der Waals surface area (Å²) in [6.45, 7) is 3.76. The Balaban J connectivity index is 1.89. The Labute approximate surface area is 138 Å². The molecule has 0 radical (unpaired) electrons. The molecule has 0 aliphatic carbocycles. The van der Waals surface area contributed by atoms with E-state index in [1.165, 1.54) is 5.56 Å². The van der Waals surface area contributed by atoms with Crippen molar-refractivity contribution in [3.05, 3.63) is 60.2 Å². The second-order valence-corrected chi connectivity index (χ2v) is 5.55. The van der Waals surface area contributed by atoms with Crippen molar-refractivity contribution in [2.24, 2.45) is 0 Å². The molecule has 23 heavy (non-hydrogen) atoms. The fraction of sp³-hybridized carbons (Fsp3) is 0.316. The number of carbonyl (C=O) groups is 1. The van der Waals surface area contributed by atoms with Gasteiger partial charge in [0.05, 0.1) is 18.8 Å². The number of amides is 1. The minimum atomic E-state index is -0.0454. The number of ether oxygens (including phenoxy) is 1. The first kappa shape index (κ1) is 17.0. The lowest BCUT2D eigenvalue weighted by Gasteiger charge is -2.17. The number of anilines is 1. The molecule has 0 saturated heterocycles. The van der Waals surface area contributed by atoms with Crippen molar-refractivity contribution in [1.29, 1.82) is 0 Å². The van der Waals surface area contributed by atoms with Crippen molar-refractivity contribution in [3.63, 3.8) is 0 Å². The van der Waals surface area contributed by atoms with Gasteiger partial charge in [0.1, 0.15) is 5.75 Å². The monoisotopic (exact) mass is 312 g/mol. The topological polar surface area (TPSA) is 41.6 Å². The quantitative estimate of drug-likeness (QED) is 0.810. The zero-order valence-corrected chi connectivity index (χ0v) is 13.8. The average Bonchev–Trinajstić information content (AvgIpc) is 2.54. The highest BCUT2D eigenvalue weighted by atomic mass is 16.5. The van der Waals surface area contributed by atoms with Crippen LogP contribution in [0.1, 0.15) is 18.9 Å². The molecule has 0 unspecified atom stereocenters. The Morgan fingerprint density at radius 1 is 1.09 bits per heavy atom. The highest BCUT2D eigenvalue weighted by Gasteiger charge is 2.10. The van der Waals surface area contributed by atoms with Crippen LogP contribution < -0.4 is 10.1 Å². The summed E-state index contributed by atoms with van der Waals surface area (Å²) in [6.07, 6.45) is 0.933. The number of carbonyl (C=O) groups excluding carboxylic acids is 1. The number of likely N-dealkylation sites (N-methyl/N-ethyl adjacent to an activating group) is 1. The Morgan fingerprint density at radius 3 is 2.52 bits per heavy atom. The van der Waals surface area contributed by atoms with Crippen molar-refractivity contribution in [3.8, 4) is 5.75 Å². The van der Waals surface area contributed by atoms with Gasteiger partial charge in [0.15, 0.2) is 0 Å². The van der Waals surface area contributed by atoms with Crippen molar-refractivity contribution < 1.29 is 9.53 Å². The maximum Gasteiger partial charge on any atom is 0.238 e. The molecule has 0 aliphatic rings. The van der Waals surface area contributed by atoms with Crippen LogP contribution in [-0.4, -0.2) is 31.0 Å². The van der Waals surface area contributed by atoms with Crippen LogP contribution in [0.3, 0.4) is 0 Å². The van der Waals surface area contributed by atoms with Gasteiger partial charge in [0, 0.05) is 6.54 Å². The summed E-state index contributed by atoms with van der Waals surface area (Å²) in [6, 6.07) is 17.6. The van der Waals surface area contributed by atoms with Crippen LogP contribution in [-0.2, 0) is 11.3 Å². The summed E-state index contributed by atoms with van der Waals surface area (Å²) >= 11 is 0. The molecule has 0 heterocycles. The molecule has 0 atom stereocenters. The van der Waals surface area contributed by atoms with Crippen LogP contribution in [0.15, 0.2) is 54.6 Å². The standard InChI is InChI=1S/C19H24N2O2/c1-3-13-23-18-12-8-7-11-17(18)20-19(22)15-21(2)14-16-9-5-4-6-10-16/h4-12H,3,13-15H2,1-2H3,(H,20,22). The molecule has 122 valence electrons. The normalized spacial score (nSPS) is 10.6. The SMILES string of the molecule is CCCOc1ccccc1NC(=O)CN(C)Cc1ccccc1. The number of rotatable bonds is 8. The van der Waals surface area contributed by atoms with E-state index in [1.54, 1.807) is 0 Å². The summed E-state index contributed by atoms with van der Waals surface area (Å²) in [5, 5.41) is 2.93. The first-order chi connectivity index (χ1) is 11.2. The summed E-state index contributed by atoms with van der Waals surface area (Å²) < 4.78 is 5.66. The lowest BCUT2D eigenvalue weighted by atomic mass is 10.2. The first-order valence-electron chi connectivity index (χ1n) is 7.93. The minimum absolute atomic E-state index is 0.0454. The van der Waals surface area contributed by atoms with Gasteiger partial charge in [-0.25, -0.2) is 0 Å². The van der Waals surface area contributed by atoms with Gasteiger partial charge in [0.25, 0.3) is 0 Å². The second kappa shape index (κ2) is 8.96. The molecular weight excluding hydrogens is 288 g/mol. The first-order valence-corrected chi connectivity index (χ1v) is 7.93. The predicted octanol–water partition coefficient (Wildman–Crippen LogP) is 3.55. The van der Waals surface area contributed by atoms with E-state index in [0.717, 1.165) is 18.7 Å². The number of hydrogen-bond donors (Lipinski definition) is 1. The van der Waals surface area contributed by atoms with Gasteiger partial charge in [-0.3, -0.25) is 9.69 Å². The number of para-hydroxylation sites is 2. The number of hydrogen-bond acceptors (Lipinski definition) is 3. The van der Waals surface area contributed by atoms with Gasteiger partial charge in [-0.15, -0.1) is 0 Å². The zero-order chi connectivity index (χ0) is 16.5. The van der Waals surface area contributed by atoms with Crippen LogP contribution in [0.2, 0.25) is 0 Å². The smallest absolute Gasteiger partial charge is 0.238 e. The molecule has 1 N–H and O–H groups in total. The fourth-order valence-electron chi connectivity index (χ4n) is 2.29. The van der Waals surface area contributed by atoms with Gasteiger partial charge in [-0.05, 0) is 31.2 Å². The maximum atomic E-state index is 12.2. The average molecular weight is 312 g/mol. The molecule has 0 aliphatic heterocycles. The highest BCUT2D eigenvalue weighted by Crippen LogP contribution is 2.23. The predicted molar refractivity (Wildman–Crippen MR) is 93.6 cm³/mol. The molecule has 0 fully saturated rings. The molecule has 0 aromatic heterocycles. The van der Waals surface area contributed by atoms with Gasteiger partial charge in [-0.1, -0.05) is 49.4 Å². The minimum Gasteiger partial charge on any atom is -0.491 e. The van der Waals surface area contributed by atoms with Crippen LogP contribution in [0.5, 0.6) is 5.75 Å². The van der Waals surface area contributed by atoms with Gasteiger partial charge in [0.2, 0.25) is 5.91 Å². The Morgan fingerprint density at radius 2 is 1.78 bits per heavy atom. The zero-order valence-electron chi connectivity index (χ0n) is 13.8. The third kappa shape index (κ3) is 5.75. The lowest BCUT2D eigenvalue weighted by Crippen LogP contribution is -2.30. The van der Waals surface area contributed by atoms with Crippen LogP contribution in [0.4, 0.5) is 5.69 Å². The molecule has 0 saturated carbocycles.